The lowest BCUT2D eigenvalue weighted by Crippen LogP contribution is -2.34. The van der Waals surface area contributed by atoms with E-state index in [0.29, 0.717) is 38.1 Å². The van der Waals surface area contributed by atoms with Crippen LogP contribution in [0.25, 0.3) is 0 Å². The number of carbonyl (C=O) groups is 1. The summed E-state index contributed by atoms with van der Waals surface area (Å²) in [6.45, 7) is 10.9. The smallest absolute Gasteiger partial charge is 0.407 e. The van der Waals surface area contributed by atoms with Crippen molar-refractivity contribution in [1.82, 2.24) is 24.9 Å². The van der Waals surface area contributed by atoms with Gasteiger partial charge < -0.3 is 30.1 Å². The molecule has 1 amide bonds. The van der Waals surface area contributed by atoms with Gasteiger partial charge in [-0.15, -0.1) is 0 Å². The van der Waals surface area contributed by atoms with Gasteiger partial charge in [0.15, 0.2) is 0 Å². The largest absolute Gasteiger partial charge is 0.444 e. The standard InChI is InChI=1S/C13H24N3O4P.C5H10N3O3P.2CH4/c1-6-19-21(5,18)11-9-15-16(10-11)8-7-14-12(17)20-13(2,3)4;6-1-2-8-4-5(3-7-8)12(9,10)11;;/h9-10H,6-8H2,1-5H3,(H,14,17);3-4H,1-2,6H2,(H2,9,10,11);2*1H4. The van der Waals surface area contributed by atoms with Gasteiger partial charge in [-0.1, -0.05) is 14.9 Å². The average Bonchev–Trinajstić information content (AvgIpc) is 3.31. The molecule has 0 aliphatic carbocycles. The van der Waals surface area contributed by atoms with Gasteiger partial charge in [-0.2, -0.15) is 10.2 Å². The van der Waals surface area contributed by atoms with Crippen molar-refractivity contribution in [3.05, 3.63) is 24.8 Å². The molecule has 0 aliphatic rings. The van der Waals surface area contributed by atoms with Crippen molar-refractivity contribution in [1.29, 1.82) is 0 Å². The third kappa shape index (κ3) is 13.6. The van der Waals surface area contributed by atoms with E-state index in [1.807, 2.05) is 0 Å². The van der Waals surface area contributed by atoms with Crippen LogP contribution >= 0.6 is 15.0 Å². The number of amides is 1. The SMILES string of the molecule is C.C.CCOP(C)(=O)c1cnn(CCNC(=O)OC(C)(C)C)c1.NCCn1cc(P(=O)(O)O)cn1. The molecule has 2 aromatic heterocycles. The minimum Gasteiger partial charge on any atom is -0.444 e. The molecule has 35 heavy (non-hydrogen) atoms. The lowest BCUT2D eigenvalue weighted by Gasteiger charge is -2.19. The molecule has 2 rings (SSSR count). The lowest BCUT2D eigenvalue weighted by molar-refractivity contribution is 0.0525. The van der Waals surface area contributed by atoms with Crippen molar-refractivity contribution in [3.63, 3.8) is 0 Å². The molecule has 0 saturated heterocycles. The number of rotatable bonds is 9. The molecule has 0 aromatic carbocycles. The number of hydrogen-bond donors (Lipinski definition) is 4. The van der Waals surface area contributed by atoms with Gasteiger partial charge in [-0.05, 0) is 27.7 Å². The van der Waals surface area contributed by atoms with Crippen LogP contribution in [0.2, 0.25) is 0 Å². The molecule has 0 bridgehead atoms. The highest BCUT2D eigenvalue weighted by atomic mass is 31.2. The first kappa shape index (κ1) is 35.2. The highest BCUT2D eigenvalue weighted by molar-refractivity contribution is 7.66. The molecular weight excluding hydrogens is 498 g/mol. The number of nitrogens with two attached hydrogens (primary N) is 1. The van der Waals surface area contributed by atoms with Crippen LogP contribution in [0.1, 0.15) is 42.5 Å². The molecule has 0 aliphatic heterocycles. The van der Waals surface area contributed by atoms with Gasteiger partial charge in [-0.25, -0.2) is 4.79 Å². The quantitative estimate of drug-likeness (QED) is 0.343. The zero-order chi connectivity index (χ0) is 25.3. The Morgan fingerprint density at radius 1 is 1.09 bits per heavy atom. The number of ether oxygens (including phenoxy) is 1. The second-order valence-corrected chi connectivity index (χ2v) is 12.0. The molecule has 0 radical (unpaired) electrons. The molecule has 13 nitrogen and oxygen atoms in total. The summed E-state index contributed by atoms with van der Waals surface area (Å²) in [6, 6.07) is 0. The zero-order valence-electron chi connectivity index (χ0n) is 19.5. The van der Waals surface area contributed by atoms with E-state index in [9.17, 15) is 13.9 Å². The molecule has 204 valence electrons. The summed E-state index contributed by atoms with van der Waals surface area (Å²) in [5.41, 5.74) is 4.71. The van der Waals surface area contributed by atoms with E-state index in [1.54, 1.807) is 45.2 Å². The fraction of sp³-hybridized carbons (Fsp3) is 0.650. The van der Waals surface area contributed by atoms with Gasteiger partial charge in [0, 0.05) is 32.1 Å². The summed E-state index contributed by atoms with van der Waals surface area (Å²) in [4.78, 5) is 28.9. The summed E-state index contributed by atoms with van der Waals surface area (Å²) in [7, 11) is -6.94. The fourth-order valence-electron chi connectivity index (χ4n) is 2.35. The monoisotopic (exact) mass is 540 g/mol. The van der Waals surface area contributed by atoms with Gasteiger partial charge in [0.25, 0.3) is 0 Å². The summed E-state index contributed by atoms with van der Waals surface area (Å²) in [5.74, 6) is 0. The van der Waals surface area contributed by atoms with Crippen LogP contribution in [0.3, 0.4) is 0 Å². The number of nitrogens with zero attached hydrogens (tertiary/aromatic N) is 4. The molecule has 2 heterocycles. The lowest BCUT2D eigenvalue weighted by atomic mass is 10.2. The Kier molecular flexibility index (Phi) is 15.2. The van der Waals surface area contributed by atoms with Crippen LogP contribution in [0.15, 0.2) is 24.8 Å². The van der Waals surface area contributed by atoms with E-state index in [-0.39, 0.29) is 20.2 Å². The Hall–Kier alpha value is -2.01. The highest BCUT2D eigenvalue weighted by Gasteiger charge is 2.21. The number of aromatic nitrogens is 4. The van der Waals surface area contributed by atoms with Gasteiger partial charge in [0.05, 0.1) is 37.4 Å². The van der Waals surface area contributed by atoms with Crippen LogP contribution in [0.5, 0.6) is 0 Å². The number of carbonyl (C=O) groups excluding carboxylic acids is 1. The first-order valence-corrected chi connectivity index (χ1v) is 13.9. The average molecular weight is 541 g/mol. The van der Waals surface area contributed by atoms with E-state index >= 15 is 0 Å². The number of nitrogens with one attached hydrogen (secondary N) is 1. The first-order valence-electron chi connectivity index (χ1n) is 10.2. The molecular formula is C20H42N6O7P2. The topological polar surface area (TPSA) is 184 Å². The number of alkyl carbamates (subject to hydrolysis) is 1. The van der Waals surface area contributed by atoms with Gasteiger partial charge >= 0.3 is 13.7 Å². The van der Waals surface area contributed by atoms with E-state index in [2.05, 4.69) is 15.5 Å². The van der Waals surface area contributed by atoms with E-state index in [0.717, 1.165) is 6.20 Å². The molecule has 0 spiro atoms. The Balaban J connectivity index is 0. The molecule has 1 atom stereocenters. The van der Waals surface area contributed by atoms with Crippen molar-refractivity contribution in [2.45, 2.75) is 61.2 Å². The minimum absolute atomic E-state index is 0. The van der Waals surface area contributed by atoms with Gasteiger partial charge in [-0.3, -0.25) is 18.5 Å². The summed E-state index contributed by atoms with van der Waals surface area (Å²) in [5, 5.41) is 11.0. The third-order valence-electron chi connectivity index (χ3n) is 3.79. The van der Waals surface area contributed by atoms with Crippen LogP contribution in [-0.2, 0) is 31.5 Å². The van der Waals surface area contributed by atoms with Crippen molar-refractivity contribution in [2.24, 2.45) is 5.73 Å². The Bertz CT molecular complexity index is 981. The van der Waals surface area contributed by atoms with Gasteiger partial charge in [0.2, 0.25) is 7.37 Å². The van der Waals surface area contributed by atoms with E-state index in [1.165, 1.54) is 17.1 Å². The van der Waals surface area contributed by atoms with Gasteiger partial charge in [0.1, 0.15) is 10.9 Å². The molecule has 0 fully saturated rings. The first-order chi connectivity index (χ1) is 15.2. The van der Waals surface area contributed by atoms with Crippen molar-refractivity contribution >= 4 is 31.7 Å². The minimum atomic E-state index is -4.15. The molecule has 2 aromatic rings. The second-order valence-electron chi connectivity index (χ2n) is 7.95. The summed E-state index contributed by atoms with van der Waals surface area (Å²) in [6.07, 6.45) is 5.19. The molecule has 15 heteroatoms. The maximum Gasteiger partial charge on any atom is 0.407 e. The molecule has 1 unspecified atom stereocenters. The molecule has 5 N–H and O–H groups in total. The third-order valence-corrected chi connectivity index (χ3v) is 6.61. The maximum absolute atomic E-state index is 12.2. The van der Waals surface area contributed by atoms with Crippen molar-refractivity contribution in [3.8, 4) is 0 Å². The predicted molar refractivity (Wildman–Crippen MR) is 138 cm³/mol. The van der Waals surface area contributed by atoms with E-state index < -0.39 is 26.7 Å². The zero-order valence-corrected chi connectivity index (χ0v) is 21.3. The maximum atomic E-state index is 12.2. The van der Waals surface area contributed by atoms with Crippen LogP contribution in [0, 0.1) is 0 Å². The Morgan fingerprint density at radius 3 is 2.06 bits per heavy atom. The van der Waals surface area contributed by atoms with Crippen molar-refractivity contribution in [2.75, 3.05) is 26.4 Å². The normalized spacial score (nSPS) is 12.8. The molecule has 0 saturated carbocycles. The fourth-order valence-corrected chi connectivity index (χ4v) is 4.08. The summed E-state index contributed by atoms with van der Waals surface area (Å²) < 4.78 is 36.2. The summed E-state index contributed by atoms with van der Waals surface area (Å²) >= 11 is 0. The Morgan fingerprint density at radius 2 is 1.60 bits per heavy atom. The Labute approximate surface area is 208 Å². The van der Waals surface area contributed by atoms with Crippen LogP contribution in [-0.4, -0.2) is 67.4 Å². The second kappa shape index (κ2) is 15.2. The highest BCUT2D eigenvalue weighted by Crippen LogP contribution is 2.40. The van der Waals surface area contributed by atoms with Crippen LogP contribution < -0.4 is 21.7 Å². The predicted octanol–water partition coefficient (Wildman–Crippen LogP) is 1.89. The van der Waals surface area contributed by atoms with E-state index in [4.69, 9.17) is 24.8 Å². The van der Waals surface area contributed by atoms with Crippen molar-refractivity contribution < 1.29 is 33.0 Å². The van der Waals surface area contributed by atoms with Crippen LogP contribution in [0.4, 0.5) is 4.79 Å². The number of hydrogen-bond acceptors (Lipinski definition) is 8.